The largest absolute Gasteiger partial charge is 0.377 e. The van der Waals surface area contributed by atoms with Gasteiger partial charge in [-0.25, -0.2) is 4.98 Å². The van der Waals surface area contributed by atoms with E-state index in [0.717, 1.165) is 26.0 Å². The molecule has 1 aromatic heterocycles. The molecule has 1 fully saturated rings. The molecule has 1 aliphatic rings. The Bertz CT molecular complexity index is 759. The monoisotopic (exact) mass is 312 g/mol. The molecule has 3 rings (SSSR count). The fraction of sp³-hybridized carbons (Fsp3) is 0.471. The van der Waals surface area contributed by atoms with E-state index < -0.39 is 0 Å². The summed E-state index contributed by atoms with van der Waals surface area (Å²) >= 11 is 0. The minimum Gasteiger partial charge on any atom is -0.377 e. The summed E-state index contributed by atoms with van der Waals surface area (Å²) in [6, 6.07) is 9.49. The van der Waals surface area contributed by atoms with Crippen LogP contribution in [0.25, 0.3) is 10.9 Å². The Labute approximate surface area is 134 Å². The third kappa shape index (κ3) is 3.95. The number of hydrogen-bond donors (Lipinski definition) is 1. The Morgan fingerprint density at radius 3 is 3.09 bits per heavy atom. The summed E-state index contributed by atoms with van der Waals surface area (Å²) in [5, 5.41) is 9.44. The van der Waals surface area contributed by atoms with Gasteiger partial charge in [0, 0.05) is 26.1 Å². The lowest BCUT2D eigenvalue weighted by Crippen LogP contribution is -2.33. The first-order chi connectivity index (χ1) is 11.3. The number of nitriles is 1. The number of ether oxygens (including phenoxy) is 1. The Hall–Kier alpha value is -2.23. The Kier molecular flexibility index (Phi) is 5.01. The number of aromatic amines is 1. The van der Waals surface area contributed by atoms with E-state index >= 15 is 0 Å². The van der Waals surface area contributed by atoms with Gasteiger partial charge in [-0.15, -0.1) is 0 Å². The summed E-state index contributed by atoms with van der Waals surface area (Å²) in [6.45, 7) is 2.73. The molecule has 0 spiro atoms. The zero-order valence-corrected chi connectivity index (χ0v) is 13.0. The summed E-state index contributed by atoms with van der Waals surface area (Å²) in [6.07, 6.45) is 2.79. The Morgan fingerprint density at radius 2 is 2.30 bits per heavy atom. The average molecular weight is 312 g/mol. The third-order valence-corrected chi connectivity index (χ3v) is 4.06. The van der Waals surface area contributed by atoms with E-state index in [1.807, 2.05) is 18.2 Å². The predicted molar refractivity (Wildman–Crippen MR) is 86.8 cm³/mol. The predicted octanol–water partition coefficient (Wildman–Crippen LogP) is 1.82. The van der Waals surface area contributed by atoms with Gasteiger partial charge in [-0.3, -0.25) is 9.69 Å². The number of nitrogens with one attached hydrogen (secondary N) is 1. The Balaban J connectivity index is 1.78. The number of hydrogen-bond acceptors (Lipinski definition) is 5. The molecule has 0 aliphatic carbocycles. The van der Waals surface area contributed by atoms with Crippen molar-refractivity contribution in [1.29, 1.82) is 5.26 Å². The SMILES string of the molecule is N#CCCN(Cc1nc2ccccc2c(=O)[nH]1)C[C@@H]1CCCO1. The molecule has 1 N–H and O–H groups in total. The van der Waals surface area contributed by atoms with Gasteiger partial charge in [-0.1, -0.05) is 12.1 Å². The topological polar surface area (TPSA) is 82.0 Å². The second kappa shape index (κ2) is 7.36. The quantitative estimate of drug-likeness (QED) is 0.880. The Morgan fingerprint density at radius 1 is 1.43 bits per heavy atom. The van der Waals surface area contributed by atoms with Crippen molar-refractivity contribution < 1.29 is 4.74 Å². The lowest BCUT2D eigenvalue weighted by molar-refractivity contribution is 0.0705. The zero-order valence-electron chi connectivity index (χ0n) is 13.0. The van der Waals surface area contributed by atoms with Crippen molar-refractivity contribution in [3.63, 3.8) is 0 Å². The smallest absolute Gasteiger partial charge is 0.258 e. The molecule has 0 amide bonds. The van der Waals surface area contributed by atoms with Crippen molar-refractivity contribution in [3.8, 4) is 6.07 Å². The first-order valence-electron chi connectivity index (χ1n) is 7.95. The zero-order chi connectivity index (χ0) is 16.1. The molecular weight excluding hydrogens is 292 g/mol. The minimum atomic E-state index is -0.122. The molecule has 1 atom stereocenters. The molecule has 6 heteroatoms. The summed E-state index contributed by atoms with van der Waals surface area (Å²) in [4.78, 5) is 21.7. The highest BCUT2D eigenvalue weighted by molar-refractivity contribution is 5.77. The van der Waals surface area contributed by atoms with E-state index in [1.54, 1.807) is 6.07 Å². The maximum atomic E-state index is 12.1. The number of benzene rings is 1. The van der Waals surface area contributed by atoms with E-state index in [9.17, 15) is 4.79 Å². The second-order valence-electron chi connectivity index (χ2n) is 5.81. The molecule has 120 valence electrons. The number of fused-ring (bicyclic) bond motifs is 1. The van der Waals surface area contributed by atoms with Crippen LogP contribution in [-0.4, -0.2) is 40.7 Å². The first kappa shape index (κ1) is 15.7. The van der Waals surface area contributed by atoms with Crippen LogP contribution in [0.15, 0.2) is 29.1 Å². The molecule has 1 saturated heterocycles. The van der Waals surface area contributed by atoms with Gasteiger partial charge >= 0.3 is 0 Å². The molecule has 0 saturated carbocycles. The fourth-order valence-corrected chi connectivity index (χ4v) is 2.94. The van der Waals surface area contributed by atoms with E-state index in [2.05, 4.69) is 20.9 Å². The average Bonchev–Trinajstić information content (AvgIpc) is 3.06. The van der Waals surface area contributed by atoms with Gasteiger partial charge < -0.3 is 9.72 Å². The summed E-state index contributed by atoms with van der Waals surface area (Å²) in [5.74, 6) is 0.629. The van der Waals surface area contributed by atoms with Crippen LogP contribution in [0.1, 0.15) is 25.1 Å². The maximum absolute atomic E-state index is 12.1. The number of para-hydroxylation sites is 1. The third-order valence-electron chi connectivity index (χ3n) is 4.06. The summed E-state index contributed by atoms with van der Waals surface area (Å²) in [5.41, 5.74) is 0.576. The molecule has 6 nitrogen and oxygen atoms in total. The number of nitrogens with zero attached hydrogens (tertiary/aromatic N) is 3. The maximum Gasteiger partial charge on any atom is 0.258 e. The normalized spacial score (nSPS) is 17.7. The van der Waals surface area contributed by atoms with Crippen LogP contribution in [-0.2, 0) is 11.3 Å². The molecule has 0 bridgehead atoms. The van der Waals surface area contributed by atoms with Crippen molar-refractivity contribution in [2.45, 2.75) is 31.9 Å². The molecule has 0 unspecified atom stereocenters. The molecule has 2 heterocycles. The van der Waals surface area contributed by atoms with E-state index in [0.29, 0.717) is 36.2 Å². The molecule has 1 aromatic carbocycles. The van der Waals surface area contributed by atoms with Crippen LogP contribution in [0.5, 0.6) is 0 Å². The molecule has 1 aliphatic heterocycles. The van der Waals surface area contributed by atoms with Crippen LogP contribution >= 0.6 is 0 Å². The standard InChI is InChI=1S/C17H20N4O2/c18-8-4-9-21(11-13-5-3-10-23-13)12-16-19-15-7-2-1-6-14(15)17(22)20-16/h1-2,6-7,13H,3-5,9-12H2,(H,19,20,22)/t13-/m0/s1. The van der Waals surface area contributed by atoms with Crippen LogP contribution < -0.4 is 5.56 Å². The molecule has 23 heavy (non-hydrogen) atoms. The van der Waals surface area contributed by atoms with Crippen molar-refractivity contribution in [1.82, 2.24) is 14.9 Å². The van der Waals surface area contributed by atoms with E-state index in [4.69, 9.17) is 10.00 Å². The fourth-order valence-electron chi connectivity index (χ4n) is 2.94. The lowest BCUT2D eigenvalue weighted by Gasteiger charge is -2.23. The van der Waals surface area contributed by atoms with Crippen LogP contribution in [0.4, 0.5) is 0 Å². The molecule has 0 radical (unpaired) electrons. The highest BCUT2D eigenvalue weighted by atomic mass is 16.5. The van der Waals surface area contributed by atoms with Crippen molar-refractivity contribution in [2.24, 2.45) is 0 Å². The van der Waals surface area contributed by atoms with Crippen molar-refractivity contribution in [2.75, 3.05) is 19.7 Å². The summed E-state index contributed by atoms with van der Waals surface area (Å²) < 4.78 is 5.68. The highest BCUT2D eigenvalue weighted by Crippen LogP contribution is 2.15. The van der Waals surface area contributed by atoms with Crippen LogP contribution in [0.2, 0.25) is 0 Å². The van der Waals surface area contributed by atoms with Crippen molar-refractivity contribution in [3.05, 3.63) is 40.4 Å². The second-order valence-corrected chi connectivity index (χ2v) is 5.81. The number of rotatable bonds is 6. The van der Waals surface area contributed by atoms with Gasteiger partial charge in [-0.05, 0) is 25.0 Å². The van der Waals surface area contributed by atoms with Crippen LogP contribution in [0.3, 0.4) is 0 Å². The molecule has 2 aromatic rings. The van der Waals surface area contributed by atoms with Crippen molar-refractivity contribution >= 4 is 10.9 Å². The van der Waals surface area contributed by atoms with E-state index in [-0.39, 0.29) is 11.7 Å². The summed E-state index contributed by atoms with van der Waals surface area (Å²) in [7, 11) is 0. The first-order valence-corrected chi connectivity index (χ1v) is 7.95. The van der Waals surface area contributed by atoms with Gasteiger partial charge in [0.05, 0.1) is 29.6 Å². The number of H-pyrrole nitrogens is 1. The van der Waals surface area contributed by atoms with Crippen LogP contribution in [0, 0.1) is 11.3 Å². The number of aromatic nitrogens is 2. The van der Waals surface area contributed by atoms with Gasteiger partial charge in [-0.2, -0.15) is 5.26 Å². The van der Waals surface area contributed by atoms with E-state index in [1.165, 1.54) is 0 Å². The lowest BCUT2D eigenvalue weighted by atomic mass is 10.2. The van der Waals surface area contributed by atoms with Gasteiger partial charge in [0.15, 0.2) is 0 Å². The minimum absolute atomic E-state index is 0.122. The highest BCUT2D eigenvalue weighted by Gasteiger charge is 2.20. The van der Waals surface area contributed by atoms with Gasteiger partial charge in [0.25, 0.3) is 5.56 Å². The molecular formula is C17H20N4O2. The van der Waals surface area contributed by atoms with Gasteiger partial charge in [0.2, 0.25) is 0 Å². The van der Waals surface area contributed by atoms with Gasteiger partial charge in [0.1, 0.15) is 5.82 Å².